The van der Waals surface area contributed by atoms with E-state index in [2.05, 4.69) is 0 Å². The summed E-state index contributed by atoms with van der Waals surface area (Å²) in [7, 11) is 0. The summed E-state index contributed by atoms with van der Waals surface area (Å²) in [6, 6.07) is 0. The molecule has 1 saturated heterocycles. The van der Waals surface area contributed by atoms with Crippen LogP contribution >= 0.6 is 23.5 Å². The van der Waals surface area contributed by atoms with Gasteiger partial charge in [-0.05, 0) is 23.5 Å². The molecule has 2 unspecified atom stereocenters. The predicted molar refractivity (Wildman–Crippen MR) is 35.4 cm³/mol. The van der Waals surface area contributed by atoms with Crippen molar-refractivity contribution in [3.8, 4) is 0 Å². The van der Waals surface area contributed by atoms with E-state index in [1.54, 1.807) is 0 Å². The van der Waals surface area contributed by atoms with Crippen molar-refractivity contribution < 1.29 is 26.7 Å². The number of thioether (sulfide) groups is 2. The van der Waals surface area contributed by atoms with Crippen molar-refractivity contribution in [2.45, 2.75) is 16.7 Å². The average Bonchev–Trinajstić information content (AvgIpc) is 2.06. The normalized spacial score (nSPS) is 37.4. The van der Waals surface area contributed by atoms with E-state index in [1.165, 1.54) is 0 Å². The molecule has 1 fully saturated rings. The lowest BCUT2D eigenvalue weighted by Crippen LogP contribution is -2.41. The molecule has 12 heavy (non-hydrogen) atoms. The van der Waals surface area contributed by atoms with Gasteiger partial charge < -0.3 is 0 Å². The molecule has 1 rings (SSSR count). The molecule has 0 radical (unpaired) electrons. The van der Waals surface area contributed by atoms with Crippen LogP contribution in [0.4, 0.5) is 26.7 Å². The molecule has 0 N–H and O–H groups in total. The highest BCUT2D eigenvalue weighted by Crippen LogP contribution is 2.57. The second-order valence-corrected chi connectivity index (χ2v) is 4.38. The Morgan fingerprint density at radius 1 is 1.42 bits per heavy atom. The molecule has 0 spiro atoms. The topological polar surface area (TPSA) is 17.1 Å². The molecule has 0 bridgehead atoms. The fourth-order valence-electron chi connectivity index (χ4n) is 0.538. The van der Waals surface area contributed by atoms with E-state index in [9.17, 15) is 26.7 Å². The molecule has 8 heteroatoms. The van der Waals surface area contributed by atoms with Gasteiger partial charge in [-0.2, -0.15) is 13.2 Å². The van der Waals surface area contributed by atoms with Gasteiger partial charge in [-0.3, -0.25) is 4.79 Å². The molecule has 0 aromatic heterocycles. The van der Waals surface area contributed by atoms with Crippen molar-refractivity contribution >= 4 is 28.0 Å². The number of rotatable bonds is 0. The summed E-state index contributed by atoms with van der Waals surface area (Å²) in [6.45, 7) is 0. The average molecular weight is 224 g/mol. The second kappa shape index (κ2) is 2.76. The van der Waals surface area contributed by atoms with Gasteiger partial charge in [-0.15, -0.1) is 0 Å². The largest absolute Gasteiger partial charge is 0.436 e. The minimum atomic E-state index is -5.35. The van der Waals surface area contributed by atoms with Crippen LogP contribution in [0.1, 0.15) is 0 Å². The van der Waals surface area contributed by atoms with Crippen molar-refractivity contribution in [2.24, 2.45) is 0 Å². The molecule has 0 aromatic carbocycles. The van der Waals surface area contributed by atoms with Crippen LogP contribution in [-0.4, -0.2) is 21.1 Å². The van der Waals surface area contributed by atoms with Crippen molar-refractivity contribution in [3.05, 3.63) is 0 Å². The Labute approximate surface area is 72.1 Å². The lowest BCUT2D eigenvalue weighted by atomic mass is 10.4. The highest BCUT2D eigenvalue weighted by Gasteiger charge is 2.68. The molecular formula is C4HF5OS2. The summed E-state index contributed by atoms with van der Waals surface area (Å²) in [5.41, 5.74) is -2.87. The maximum Gasteiger partial charge on any atom is 0.436 e. The molecule has 70 valence electrons. The van der Waals surface area contributed by atoms with Crippen LogP contribution in [0.15, 0.2) is 0 Å². The number of carbonyl (C=O) groups excluding carboxylic acids is 1. The first-order valence-electron chi connectivity index (χ1n) is 2.57. The summed E-state index contributed by atoms with van der Waals surface area (Å²) in [5, 5.41) is -4.07. The summed E-state index contributed by atoms with van der Waals surface area (Å²) in [4.78, 5) is 10.3. The van der Waals surface area contributed by atoms with Gasteiger partial charge >= 0.3 is 6.18 Å². The Balaban J connectivity index is 2.92. The fraction of sp³-hybridized carbons (Fsp3) is 0.750. The first-order chi connectivity index (χ1) is 5.27. The first-order valence-corrected chi connectivity index (χ1v) is 4.26. The number of alkyl halides is 5. The van der Waals surface area contributed by atoms with Crippen molar-refractivity contribution in [3.63, 3.8) is 0 Å². The Hall–Kier alpha value is 0.0200. The third kappa shape index (κ3) is 1.41. The van der Waals surface area contributed by atoms with Gasteiger partial charge in [-0.1, -0.05) is 0 Å². The third-order valence-electron chi connectivity index (χ3n) is 1.11. The van der Waals surface area contributed by atoms with E-state index in [0.717, 1.165) is 0 Å². The van der Waals surface area contributed by atoms with Crippen LogP contribution in [0.3, 0.4) is 0 Å². The maximum absolute atomic E-state index is 12.7. The van der Waals surface area contributed by atoms with Crippen LogP contribution in [0, 0.1) is 0 Å². The Bertz CT molecular complexity index is 216. The molecule has 1 aliphatic rings. The van der Waals surface area contributed by atoms with E-state index >= 15 is 0 Å². The Morgan fingerprint density at radius 3 is 2.08 bits per heavy atom. The Morgan fingerprint density at radius 2 is 1.92 bits per heavy atom. The van der Waals surface area contributed by atoms with Crippen molar-refractivity contribution in [1.29, 1.82) is 0 Å². The zero-order chi connectivity index (χ0) is 9.57. The summed E-state index contributed by atoms with van der Waals surface area (Å²) < 4.78 is 59.1. The summed E-state index contributed by atoms with van der Waals surface area (Å²) >= 11 is -0.943. The van der Waals surface area contributed by atoms with Crippen LogP contribution in [-0.2, 0) is 0 Å². The smallest absolute Gasteiger partial charge is 0.274 e. The standard InChI is InChI=1S/C4HF5OS2/c5-1-3(6,4(7,8)9)12-2(10)11-1/h1H. The maximum atomic E-state index is 12.7. The van der Waals surface area contributed by atoms with Gasteiger partial charge in [0, 0.05) is 0 Å². The highest BCUT2D eigenvalue weighted by atomic mass is 32.2. The molecule has 1 nitrogen and oxygen atoms in total. The predicted octanol–water partition coefficient (Wildman–Crippen LogP) is 3.11. The molecular weight excluding hydrogens is 223 g/mol. The van der Waals surface area contributed by atoms with Gasteiger partial charge in [0.15, 0.2) is 0 Å². The molecule has 1 aliphatic heterocycles. The van der Waals surface area contributed by atoms with E-state index in [0.29, 0.717) is 0 Å². The number of hydrogen-bond acceptors (Lipinski definition) is 3. The van der Waals surface area contributed by atoms with Crippen LogP contribution < -0.4 is 0 Å². The molecule has 0 amide bonds. The summed E-state index contributed by atoms with van der Waals surface area (Å²) in [5.74, 6) is 0. The molecule has 0 saturated carbocycles. The van der Waals surface area contributed by atoms with Gasteiger partial charge in [0.1, 0.15) is 0 Å². The second-order valence-electron chi connectivity index (χ2n) is 1.93. The third-order valence-corrected chi connectivity index (χ3v) is 3.42. The van der Waals surface area contributed by atoms with E-state index < -0.39 is 32.9 Å². The van der Waals surface area contributed by atoms with Gasteiger partial charge in [0.05, 0.1) is 0 Å². The lowest BCUT2D eigenvalue weighted by molar-refractivity contribution is -0.201. The highest BCUT2D eigenvalue weighted by molar-refractivity contribution is 8.42. The zero-order valence-electron chi connectivity index (χ0n) is 5.19. The monoisotopic (exact) mass is 224 g/mol. The zero-order valence-corrected chi connectivity index (χ0v) is 6.82. The molecule has 0 aliphatic carbocycles. The van der Waals surface area contributed by atoms with Crippen molar-refractivity contribution in [1.82, 2.24) is 0 Å². The van der Waals surface area contributed by atoms with E-state index in [-0.39, 0.29) is 11.8 Å². The van der Waals surface area contributed by atoms with E-state index in [4.69, 9.17) is 0 Å². The minimum Gasteiger partial charge on any atom is -0.274 e. The molecule has 0 aromatic rings. The molecule has 2 atom stereocenters. The summed E-state index contributed by atoms with van der Waals surface area (Å²) in [6.07, 6.45) is -5.35. The minimum absolute atomic E-state index is 0.283. The van der Waals surface area contributed by atoms with Gasteiger partial charge in [-0.25, -0.2) is 8.78 Å². The quantitative estimate of drug-likeness (QED) is 0.588. The molecule has 1 heterocycles. The van der Waals surface area contributed by atoms with Crippen LogP contribution in [0.5, 0.6) is 0 Å². The SMILES string of the molecule is O=C1SC(F)C(F)(C(F)(F)F)S1. The lowest BCUT2D eigenvalue weighted by Gasteiger charge is -2.21. The number of carbonyl (C=O) groups is 1. The van der Waals surface area contributed by atoms with Crippen molar-refractivity contribution in [2.75, 3.05) is 0 Å². The first kappa shape index (κ1) is 10.1. The van der Waals surface area contributed by atoms with Crippen LogP contribution in [0.25, 0.3) is 0 Å². The van der Waals surface area contributed by atoms with Gasteiger partial charge in [0.25, 0.3) is 9.45 Å². The Kier molecular flexibility index (Phi) is 2.32. The number of halogens is 5. The van der Waals surface area contributed by atoms with E-state index in [1.807, 2.05) is 0 Å². The van der Waals surface area contributed by atoms with Gasteiger partial charge in [0.2, 0.25) is 5.50 Å². The number of hydrogen-bond donors (Lipinski definition) is 0. The fourth-order valence-corrected chi connectivity index (χ4v) is 2.54. The van der Waals surface area contributed by atoms with Crippen LogP contribution in [0.2, 0.25) is 0 Å².